The second-order valence-electron chi connectivity index (χ2n) is 3.85. The summed E-state index contributed by atoms with van der Waals surface area (Å²) in [5, 5.41) is 19.2. The first-order valence-electron chi connectivity index (χ1n) is 5.35. The maximum absolute atomic E-state index is 10.5. The van der Waals surface area contributed by atoms with Crippen LogP contribution in [0.3, 0.4) is 0 Å². The number of non-ortho nitro benzene ring substituents is 1. The molecule has 1 aromatic carbocycles. The maximum atomic E-state index is 10.5. The number of nitro groups is 1. The van der Waals surface area contributed by atoms with Crippen LogP contribution in [-0.4, -0.2) is 36.0 Å². The molecule has 1 fully saturated rings. The molecule has 0 saturated carbocycles. The number of nitrogens with zero attached hydrogens (tertiary/aromatic N) is 4. The molecule has 2 rings (SSSR count). The Hall–Kier alpha value is -2.29. The lowest BCUT2D eigenvalue weighted by Gasteiger charge is -2.33. The van der Waals surface area contributed by atoms with E-state index in [0.29, 0.717) is 13.1 Å². The third-order valence-electron chi connectivity index (χ3n) is 2.85. The molecule has 1 aliphatic rings. The standard InChI is InChI=1S/C11H12N4O2/c12-9-13-5-7-14(8-6-13)10-1-3-11(4-2-10)15(16)17/h1-4H,5-8H2. The Balaban J connectivity index is 2.04. The van der Waals surface area contributed by atoms with Crippen LogP contribution in [0.2, 0.25) is 0 Å². The second kappa shape index (κ2) is 4.70. The minimum absolute atomic E-state index is 0.101. The molecule has 88 valence electrons. The molecule has 1 saturated heterocycles. The average molecular weight is 232 g/mol. The molecule has 1 aromatic rings. The molecular formula is C11H12N4O2. The van der Waals surface area contributed by atoms with Crippen molar-refractivity contribution in [2.24, 2.45) is 0 Å². The normalized spacial score (nSPS) is 15.5. The monoisotopic (exact) mass is 232 g/mol. The molecule has 0 unspecified atom stereocenters. The van der Waals surface area contributed by atoms with Crippen LogP contribution in [0.1, 0.15) is 0 Å². The Morgan fingerprint density at radius 1 is 1.18 bits per heavy atom. The second-order valence-corrected chi connectivity index (χ2v) is 3.85. The highest BCUT2D eigenvalue weighted by atomic mass is 16.6. The van der Waals surface area contributed by atoms with Crippen LogP contribution in [0.5, 0.6) is 0 Å². The Bertz CT molecular complexity index is 444. The predicted octanol–water partition coefficient (Wildman–Crippen LogP) is 1.20. The number of anilines is 1. The van der Waals surface area contributed by atoms with Crippen molar-refractivity contribution >= 4 is 11.4 Å². The van der Waals surface area contributed by atoms with Crippen LogP contribution in [0, 0.1) is 21.6 Å². The Morgan fingerprint density at radius 2 is 1.76 bits per heavy atom. The molecule has 0 aromatic heterocycles. The quantitative estimate of drug-likeness (QED) is 0.435. The van der Waals surface area contributed by atoms with Gasteiger partial charge in [0.05, 0.1) is 4.92 Å². The zero-order valence-corrected chi connectivity index (χ0v) is 9.24. The van der Waals surface area contributed by atoms with E-state index >= 15 is 0 Å². The van der Waals surface area contributed by atoms with Gasteiger partial charge in [-0.15, -0.1) is 0 Å². The van der Waals surface area contributed by atoms with Gasteiger partial charge in [0.15, 0.2) is 6.19 Å². The van der Waals surface area contributed by atoms with Crippen LogP contribution in [-0.2, 0) is 0 Å². The molecule has 0 spiro atoms. The highest BCUT2D eigenvalue weighted by Gasteiger charge is 2.16. The SMILES string of the molecule is N#CN1CCN(c2ccc([N+](=O)[O-])cc2)CC1. The highest BCUT2D eigenvalue weighted by molar-refractivity contribution is 5.51. The fraction of sp³-hybridized carbons (Fsp3) is 0.364. The van der Waals surface area contributed by atoms with Gasteiger partial charge in [-0.2, -0.15) is 5.26 Å². The molecule has 0 radical (unpaired) electrons. The van der Waals surface area contributed by atoms with Gasteiger partial charge in [-0.1, -0.05) is 0 Å². The first kappa shape index (κ1) is 11.2. The van der Waals surface area contributed by atoms with Gasteiger partial charge in [0, 0.05) is 44.0 Å². The van der Waals surface area contributed by atoms with Crippen molar-refractivity contribution in [1.82, 2.24) is 4.90 Å². The largest absolute Gasteiger partial charge is 0.368 e. The van der Waals surface area contributed by atoms with E-state index < -0.39 is 4.92 Å². The lowest BCUT2D eigenvalue weighted by atomic mass is 10.2. The summed E-state index contributed by atoms with van der Waals surface area (Å²) in [5.41, 5.74) is 1.07. The van der Waals surface area contributed by atoms with E-state index in [9.17, 15) is 10.1 Å². The van der Waals surface area contributed by atoms with Gasteiger partial charge < -0.3 is 9.80 Å². The van der Waals surface area contributed by atoms with E-state index in [2.05, 4.69) is 11.1 Å². The van der Waals surface area contributed by atoms with Crippen molar-refractivity contribution in [3.05, 3.63) is 34.4 Å². The summed E-state index contributed by atoms with van der Waals surface area (Å²) < 4.78 is 0. The van der Waals surface area contributed by atoms with Gasteiger partial charge in [0.25, 0.3) is 5.69 Å². The zero-order chi connectivity index (χ0) is 12.3. The van der Waals surface area contributed by atoms with Crippen molar-refractivity contribution in [2.45, 2.75) is 0 Å². The fourth-order valence-corrected chi connectivity index (χ4v) is 1.85. The van der Waals surface area contributed by atoms with Crippen LogP contribution in [0.15, 0.2) is 24.3 Å². The first-order valence-corrected chi connectivity index (χ1v) is 5.35. The third-order valence-corrected chi connectivity index (χ3v) is 2.85. The Kier molecular flexibility index (Phi) is 3.10. The molecule has 1 heterocycles. The molecule has 0 N–H and O–H groups in total. The first-order chi connectivity index (χ1) is 8.20. The number of rotatable bonds is 2. The molecule has 1 aliphatic heterocycles. The maximum Gasteiger partial charge on any atom is 0.269 e. The molecule has 6 heteroatoms. The van der Waals surface area contributed by atoms with Crippen LogP contribution in [0.25, 0.3) is 0 Å². The minimum Gasteiger partial charge on any atom is -0.368 e. The van der Waals surface area contributed by atoms with E-state index in [0.717, 1.165) is 18.8 Å². The van der Waals surface area contributed by atoms with Gasteiger partial charge in [0.1, 0.15) is 0 Å². The molecular weight excluding hydrogens is 220 g/mol. The molecule has 0 amide bonds. The van der Waals surface area contributed by atoms with Gasteiger partial charge in [-0.25, -0.2) is 0 Å². The van der Waals surface area contributed by atoms with Crippen molar-refractivity contribution in [3.63, 3.8) is 0 Å². The van der Waals surface area contributed by atoms with E-state index in [1.165, 1.54) is 12.1 Å². The van der Waals surface area contributed by atoms with Crippen molar-refractivity contribution < 1.29 is 4.92 Å². The molecule has 0 aliphatic carbocycles. The number of hydrogen-bond acceptors (Lipinski definition) is 5. The summed E-state index contributed by atoms with van der Waals surface area (Å²) in [7, 11) is 0. The number of benzene rings is 1. The highest BCUT2D eigenvalue weighted by Crippen LogP contribution is 2.20. The Labute approximate surface area is 98.8 Å². The summed E-state index contributed by atoms with van der Waals surface area (Å²) in [6, 6.07) is 6.51. The summed E-state index contributed by atoms with van der Waals surface area (Å²) in [5.74, 6) is 0. The van der Waals surface area contributed by atoms with E-state index in [1.807, 2.05) is 0 Å². The van der Waals surface area contributed by atoms with E-state index in [-0.39, 0.29) is 5.69 Å². The van der Waals surface area contributed by atoms with Crippen LogP contribution in [0.4, 0.5) is 11.4 Å². The third kappa shape index (κ3) is 2.45. The summed E-state index contributed by atoms with van der Waals surface area (Å²) in [6.07, 6.45) is 2.12. The van der Waals surface area contributed by atoms with Crippen molar-refractivity contribution in [1.29, 1.82) is 5.26 Å². The summed E-state index contributed by atoms with van der Waals surface area (Å²) in [4.78, 5) is 13.9. The number of nitriles is 1. The number of piperazine rings is 1. The smallest absolute Gasteiger partial charge is 0.269 e. The average Bonchev–Trinajstić information content (AvgIpc) is 2.39. The lowest BCUT2D eigenvalue weighted by Crippen LogP contribution is -2.44. The van der Waals surface area contributed by atoms with Crippen LogP contribution >= 0.6 is 0 Å². The number of hydrogen-bond donors (Lipinski definition) is 0. The number of nitro benzene ring substituents is 1. The molecule has 17 heavy (non-hydrogen) atoms. The molecule has 0 atom stereocenters. The van der Waals surface area contributed by atoms with Gasteiger partial charge >= 0.3 is 0 Å². The van der Waals surface area contributed by atoms with Gasteiger partial charge in [0.2, 0.25) is 0 Å². The van der Waals surface area contributed by atoms with Gasteiger partial charge in [-0.3, -0.25) is 10.1 Å². The van der Waals surface area contributed by atoms with Gasteiger partial charge in [-0.05, 0) is 12.1 Å². The zero-order valence-electron chi connectivity index (χ0n) is 9.24. The van der Waals surface area contributed by atoms with E-state index in [1.54, 1.807) is 17.0 Å². The minimum atomic E-state index is -0.405. The molecule has 6 nitrogen and oxygen atoms in total. The van der Waals surface area contributed by atoms with Crippen molar-refractivity contribution in [3.8, 4) is 6.19 Å². The van der Waals surface area contributed by atoms with E-state index in [4.69, 9.17) is 5.26 Å². The van der Waals surface area contributed by atoms with Crippen molar-refractivity contribution in [2.75, 3.05) is 31.1 Å². The Morgan fingerprint density at radius 3 is 2.24 bits per heavy atom. The fourth-order valence-electron chi connectivity index (χ4n) is 1.85. The summed E-state index contributed by atoms with van der Waals surface area (Å²) >= 11 is 0. The molecule has 0 bridgehead atoms. The lowest BCUT2D eigenvalue weighted by molar-refractivity contribution is -0.384. The predicted molar refractivity (Wildman–Crippen MR) is 62.5 cm³/mol. The summed E-state index contributed by atoms with van der Waals surface area (Å²) in [6.45, 7) is 2.94. The van der Waals surface area contributed by atoms with Crippen LogP contribution < -0.4 is 4.90 Å². The topological polar surface area (TPSA) is 73.4 Å².